The predicted molar refractivity (Wildman–Crippen MR) is 83.2 cm³/mol. The van der Waals surface area contributed by atoms with Gasteiger partial charge in [0.15, 0.2) is 0 Å². The van der Waals surface area contributed by atoms with Gasteiger partial charge >= 0.3 is 0 Å². The summed E-state index contributed by atoms with van der Waals surface area (Å²) in [5.74, 6) is 1.50. The van der Waals surface area contributed by atoms with Gasteiger partial charge in [-0.3, -0.25) is 0 Å². The number of hydrogen-bond acceptors (Lipinski definition) is 0. The standard InChI is InChI=1S/C19H15N/c1-2-6-14(7-3-1)20-18-9-5-4-8-15(18)16-11-10-13-12-17(13)19(16)20/h1-11,13,17H,12H2. The highest BCUT2D eigenvalue weighted by molar-refractivity contribution is 5.94. The van der Waals surface area contributed by atoms with Crippen molar-refractivity contribution in [3.8, 4) is 5.69 Å². The van der Waals surface area contributed by atoms with Gasteiger partial charge in [0.25, 0.3) is 0 Å². The maximum atomic E-state index is 2.47. The molecule has 5 rings (SSSR count). The van der Waals surface area contributed by atoms with E-state index in [1.165, 1.54) is 34.3 Å². The second kappa shape index (κ2) is 3.63. The van der Waals surface area contributed by atoms with Gasteiger partial charge in [0.05, 0.1) is 5.52 Å². The molecule has 1 saturated carbocycles. The molecule has 2 aromatic carbocycles. The maximum absolute atomic E-state index is 2.47. The van der Waals surface area contributed by atoms with Gasteiger partial charge in [-0.1, -0.05) is 48.6 Å². The first-order valence-electron chi connectivity index (χ1n) is 7.30. The fourth-order valence-corrected chi connectivity index (χ4v) is 3.64. The van der Waals surface area contributed by atoms with Crippen LogP contribution in [0.15, 0.2) is 60.7 Å². The summed E-state index contributed by atoms with van der Waals surface area (Å²) in [5, 5.41) is 1.38. The van der Waals surface area contributed by atoms with Crippen LogP contribution in [0.4, 0.5) is 0 Å². The van der Waals surface area contributed by atoms with Gasteiger partial charge in [0.2, 0.25) is 0 Å². The molecule has 1 heteroatoms. The Morgan fingerprint density at radius 1 is 0.900 bits per heavy atom. The molecule has 2 aliphatic carbocycles. The molecule has 1 heterocycles. The smallest absolute Gasteiger partial charge is 0.0537 e. The van der Waals surface area contributed by atoms with Gasteiger partial charge in [0.1, 0.15) is 0 Å². The fraction of sp³-hybridized carbons (Fsp3) is 0.158. The van der Waals surface area contributed by atoms with E-state index in [4.69, 9.17) is 0 Å². The molecule has 0 saturated heterocycles. The van der Waals surface area contributed by atoms with Crippen molar-refractivity contribution in [2.45, 2.75) is 12.3 Å². The van der Waals surface area contributed by atoms with Gasteiger partial charge in [-0.05, 0) is 30.5 Å². The minimum absolute atomic E-state index is 0.725. The van der Waals surface area contributed by atoms with Crippen LogP contribution in [0.5, 0.6) is 0 Å². The van der Waals surface area contributed by atoms with E-state index in [-0.39, 0.29) is 0 Å². The molecule has 1 fully saturated rings. The first kappa shape index (κ1) is 10.5. The van der Waals surface area contributed by atoms with Crippen molar-refractivity contribution in [3.63, 3.8) is 0 Å². The highest BCUT2D eigenvalue weighted by Crippen LogP contribution is 2.55. The number of benzene rings is 2. The van der Waals surface area contributed by atoms with Gasteiger partial charge in [0, 0.05) is 28.2 Å². The summed E-state index contributed by atoms with van der Waals surface area (Å²) in [6, 6.07) is 19.5. The molecule has 0 spiro atoms. The van der Waals surface area contributed by atoms with E-state index in [0.717, 1.165) is 11.8 Å². The van der Waals surface area contributed by atoms with Crippen LogP contribution in [-0.4, -0.2) is 4.57 Å². The van der Waals surface area contributed by atoms with E-state index in [1.54, 1.807) is 0 Å². The van der Waals surface area contributed by atoms with Crippen LogP contribution in [0.25, 0.3) is 22.7 Å². The number of para-hydroxylation sites is 2. The molecule has 20 heavy (non-hydrogen) atoms. The van der Waals surface area contributed by atoms with E-state index in [9.17, 15) is 0 Å². The second-order valence-electron chi connectivity index (χ2n) is 5.85. The third kappa shape index (κ3) is 1.27. The Morgan fingerprint density at radius 3 is 2.60 bits per heavy atom. The van der Waals surface area contributed by atoms with Crippen molar-refractivity contribution in [2.24, 2.45) is 5.92 Å². The molecule has 1 nitrogen and oxygen atoms in total. The fourth-order valence-electron chi connectivity index (χ4n) is 3.64. The minimum atomic E-state index is 0.725. The van der Waals surface area contributed by atoms with Crippen LogP contribution >= 0.6 is 0 Å². The van der Waals surface area contributed by atoms with Gasteiger partial charge in [-0.25, -0.2) is 0 Å². The largest absolute Gasteiger partial charge is 0.313 e. The summed E-state index contributed by atoms with van der Waals surface area (Å²) in [7, 11) is 0. The zero-order valence-electron chi connectivity index (χ0n) is 11.2. The molecule has 0 radical (unpaired) electrons. The molecule has 3 aromatic rings. The van der Waals surface area contributed by atoms with E-state index >= 15 is 0 Å². The lowest BCUT2D eigenvalue weighted by molar-refractivity contribution is 0.896. The number of allylic oxidation sites excluding steroid dienone is 1. The first-order chi connectivity index (χ1) is 9.93. The molecular weight excluding hydrogens is 242 g/mol. The molecular formula is C19H15N. The third-order valence-corrected chi connectivity index (χ3v) is 4.67. The molecule has 96 valence electrons. The molecule has 1 aromatic heterocycles. The van der Waals surface area contributed by atoms with E-state index in [1.807, 2.05) is 0 Å². The number of hydrogen-bond donors (Lipinski definition) is 0. The van der Waals surface area contributed by atoms with Crippen LogP contribution in [0.1, 0.15) is 23.6 Å². The van der Waals surface area contributed by atoms with Gasteiger partial charge < -0.3 is 4.57 Å². The zero-order chi connectivity index (χ0) is 13.1. The lowest BCUT2D eigenvalue weighted by Crippen LogP contribution is -2.01. The molecule has 0 amide bonds. The van der Waals surface area contributed by atoms with E-state index < -0.39 is 0 Å². The van der Waals surface area contributed by atoms with Crippen LogP contribution in [0, 0.1) is 5.92 Å². The summed E-state index contributed by atoms with van der Waals surface area (Å²) in [6.45, 7) is 0. The van der Waals surface area contributed by atoms with Crippen molar-refractivity contribution in [1.82, 2.24) is 4.57 Å². The molecule has 0 N–H and O–H groups in total. The molecule has 0 aliphatic heterocycles. The lowest BCUT2D eigenvalue weighted by Gasteiger charge is -2.13. The molecule has 2 atom stereocenters. The number of fused-ring (bicyclic) bond motifs is 5. The van der Waals surface area contributed by atoms with Gasteiger partial charge in [-0.2, -0.15) is 0 Å². The molecule has 2 aliphatic rings. The van der Waals surface area contributed by atoms with Crippen LogP contribution in [0.3, 0.4) is 0 Å². The summed E-state index contributed by atoms with van der Waals surface area (Å²) < 4.78 is 2.47. The number of nitrogens with zero attached hydrogens (tertiary/aromatic N) is 1. The van der Waals surface area contributed by atoms with Crippen LogP contribution in [-0.2, 0) is 0 Å². The Balaban J connectivity index is 1.93. The number of aromatic nitrogens is 1. The highest BCUT2D eigenvalue weighted by Gasteiger charge is 2.42. The van der Waals surface area contributed by atoms with Crippen LogP contribution < -0.4 is 0 Å². The van der Waals surface area contributed by atoms with Crippen molar-refractivity contribution in [2.75, 3.05) is 0 Å². The lowest BCUT2D eigenvalue weighted by atomic mass is 10.0. The average Bonchev–Trinajstić information content (AvgIpc) is 3.23. The van der Waals surface area contributed by atoms with Crippen molar-refractivity contribution in [3.05, 3.63) is 71.9 Å². The topological polar surface area (TPSA) is 4.93 Å². The Hall–Kier alpha value is -2.28. The van der Waals surface area contributed by atoms with E-state index in [2.05, 4.69) is 71.3 Å². The van der Waals surface area contributed by atoms with Gasteiger partial charge in [-0.15, -0.1) is 0 Å². The van der Waals surface area contributed by atoms with Crippen LogP contribution in [0.2, 0.25) is 0 Å². The Labute approximate surface area is 118 Å². The van der Waals surface area contributed by atoms with Crippen molar-refractivity contribution < 1.29 is 0 Å². The third-order valence-electron chi connectivity index (χ3n) is 4.67. The summed E-state index contributed by atoms with van der Waals surface area (Å²) >= 11 is 0. The summed E-state index contributed by atoms with van der Waals surface area (Å²) in [6.07, 6.45) is 6.05. The first-order valence-corrected chi connectivity index (χ1v) is 7.30. The number of rotatable bonds is 1. The maximum Gasteiger partial charge on any atom is 0.0537 e. The molecule has 2 unspecified atom stereocenters. The quantitative estimate of drug-likeness (QED) is 0.592. The Morgan fingerprint density at radius 2 is 1.70 bits per heavy atom. The van der Waals surface area contributed by atoms with E-state index in [0.29, 0.717) is 0 Å². The van der Waals surface area contributed by atoms with Crippen molar-refractivity contribution in [1.29, 1.82) is 0 Å². The predicted octanol–water partition coefficient (Wildman–Crippen LogP) is 4.76. The minimum Gasteiger partial charge on any atom is -0.313 e. The SMILES string of the molecule is C1=CC2CC2c2c1c1ccccc1n2-c1ccccc1. The monoisotopic (exact) mass is 257 g/mol. The Kier molecular flexibility index (Phi) is 1.91. The second-order valence-corrected chi connectivity index (χ2v) is 5.85. The Bertz CT molecular complexity index is 839. The average molecular weight is 257 g/mol. The van der Waals surface area contributed by atoms with Crippen molar-refractivity contribution >= 4 is 17.0 Å². The highest BCUT2D eigenvalue weighted by atomic mass is 15.0. The zero-order valence-corrected chi connectivity index (χ0v) is 11.2. The molecule has 0 bridgehead atoms. The normalized spacial score (nSPS) is 22.6. The summed E-state index contributed by atoms with van der Waals surface area (Å²) in [4.78, 5) is 0. The summed E-state index contributed by atoms with van der Waals surface area (Å²) in [5.41, 5.74) is 5.57.